The number of allylic oxidation sites excluding steroid dienone is 1. The Kier molecular flexibility index (Phi) is 5.22. The number of rotatable bonds is 6. The van der Waals surface area contributed by atoms with Crippen molar-refractivity contribution in [1.29, 1.82) is 0 Å². The number of nitrogens with one attached hydrogen (secondary N) is 2. The van der Waals surface area contributed by atoms with E-state index in [9.17, 15) is 9.59 Å². The number of quaternary nitrogens is 1. The van der Waals surface area contributed by atoms with E-state index in [2.05, 4.69) is 16.5 Å². The molecule has 9 heteroatoms. The summed E-state index contributed by atoms with van der Waals surface area (Å²) in [6, 6.07) is 0. The van der Waals surface area contributed by atoms with E-state index >= 15 is 0 Å². The van der Waals surface area contributed by atoms with Crippen LogP contribution in [0.3, 0.4) is 0 Å². The number of aryl methyl sites for hydroxylation is 1. The summed E-state index contributed by atoms with van der Waals surface area (Å²) in [4.78, 5) is 32.3. The topological polar surface area (TPSA) is 86.3 Å². The molecule has 1 aliphatic heterocycles. The van der Waals surface area contributed by atoms with Crippen LogP contribution < -0.4 is 16.1 Å². The lowest BCUT2D eigenvalue weighted by Gasteiger charge is -2.23. The number of H-pyrrole nitrogens is 1. The molecular weight excluding hydrogens is 330 g/mol. The highest BCUT2D eigenvalue weighted by Gasteiger charge is 2.18. The lowest BCUT2D eigenvalue weighted by atomic mass is 10.4. The van der Waals surface area contributed by atoms with Crippen molar-refractivity contribution in [2.24, 2.45) is 7.05 Å². The Morgan fingerprint density at radius 2 is 2.17 bits per heavy atom. The van der Waals surface area contributed by atoms with E-state index in [0.29, 0.717) is 17.7 Å². The van der Waals surface area contributed by atoms with Crippen LogP contribution in [0.15, 0.2) is 27.4 Å². The summed E-state index contributed by atoms with van der Waals surface area (Å²) in [7, 11) is 1.61. The maximum atomic E-state index is 12.2. The minimum Gasteiger partial charge on any atom is -0.370 e. The summed E-state index contributed by atoms with van der Waals surface area (Å²) in [5, 5.41) is 0.740. The van der Waals surface area contributed by atoms with E-state index < -0.39 is 11.2 Å². The fraction of sp³-hybridized carbons (Fsp3) is 0.533. The average molecular weight is 352 g/mol. The molecule has 0 atom stereocenters. The summed E-state index contributed by atoms with van der Waals surface area (Å²) in [6.45, 7) is 8.92. The Labute approximate surface area is 143 Å². The highest BCUT2D eigenvalue weighted by atomic mass is 32.2. The first-order valence-electron chi connectivity index (χ1n) is 7.96. The average Bonchev–Trinajstić information content (AvgIpc) is 2.93. The minimum atomic E-state index is -0.454. The zero-order valence-corrected chi connectivity index (χ0v) is 14.5. The number of nitrogens with zero attached hydrogens (tertiary/aromatic N) is 3. The second-order valence-corrected chi connectivity index (χ2v) is 6.81. The Morgan fingerprint density at radius 1 is 1.42 bits per heavy atom. The van der Waals surface area contributed by atoms with Gasteiger partial charge in [0.2, 0.25) is 0 Å². The normalized spacial score (nSPS) is 15.9. The van der Waals surface area contributed by atoms with Gasteiger partial charge in [0.25, 0.3) is 5.56 Å². The maximum absolute atomic E-state index is 12.2. The number of hydrogen-bond acceptors (Lipinski definition) is 5. The van der Waals surface area contributed by atoms with Gasteiger partial charge in [-0.1, -0.05) is 17.8 Å². The molecular formula is C15H22N5O3S+. The summed E-state index contributed by atoms with van der Waals surface area (Å²) in [5.74, 6) is 0.891. The van der Waals surface area contributed by atoms with Gasteiger partial charge < -0.3 is 14.2 Å². The van der Waals surface area contributed by atoms with E-state index in [1.165, 1.54) is 9.47 Å². The molecule has 0 radical (unpaired) electrons. The zero-order valence-electron chi connectivity index (χ0n) is 13.7. The summed E-state index contributed by atoms with van der Waals surface area (Å²) in [5.41, 5.74) is -0.0387. The third-order valence-corrected chi connectivity index (χ3v) is 5.15. The van der Waals surface area contributed by atoms with Crippen molar-refractivity contribution in [2.45, 2.75) is 11.7 Å². The highest BCUT2D eigenvalue weighted by Crippen LogP contribution is 2.20. The van der Waals surface area contributed by atoms with E-state index in [4.69, 9.17) is 4.74 Å². The lowest BCUT2D eigenvalue weighted by Crippen LogP contribution is -3.14. The number of fused-ring (bicyclic) bond motifs is 1. The standard InChI is InChI=1S/C15H21N5O3S/c1-3-4-20-11-12(18(2)14(22)17-13(11)21)16-15(20)24-10-7-19-5-8-23-9-6-19/h3H,1,4-10H2,2H3,(H,17,21,22)/p+1. The van der Waals surface area contributed by atoms with E-state index in [1.807, 2.05) is 4.57 Å². The second kappa shape index (κ2) is 7.37. The van der Waals surface area contributed by atoms with Gasteiger partial charge in [-0.05, 0) is 0 Å². The van der Waals surface area contributed by atoms with Crippen molar-refractivity contribution < 1.29 is 9.64 Å². The first-order valence-corrected chi connectivity index (χ1v) is 8.95. The van der Waals surface area contributed by atoms with Crippen LogP contribution in [0.25, 0.3) is 11.2 Å². The van der Waals surface area contributed by atoms with Crippen molar-refractivity contribution in [3.05, 3.63) is 33.5 Å². The fourth-order valence-corrected chi connectivity index (χ4v) is 3.87. The number of aromatic amines is 1. The number of thioether (sulfide) groups is 1. The van der Waals surface area contributed by atoms with Crippen molar-refractivity contribution in [3.63, 3.8) is 0 Å². The molecule has 2 aromatic heterocycles. The van der Waals surface area contributed by atoms with Crippen LogP contribution in [-0.4, -0.2) is 57.7 Å². The van der Waals surface area contributed by atoms with Crippen LogP contribution in [-0.2, 0) is 18.3 Å². The van der Waals surface area contributed by atoms with Crippen LogP contribution >= 0.6 is 11.8 Å². The van der Waals surface area contributed by atoms with E-state index in [-0.39, 0.29) is 0 Å². The third kappa shape index (κ3) is 3.33. The fourth-order valence-electron chi connectivity index (χ4n) is 2.82. The van der Waals surface area contributed by atoms with Gasteiger partial charge in [0, 0.05) is 13.6 Å². The molecule has 1 saturated heterocycles. The monoisotopic (exact) mass is 352 g/mol. The van der Waals surface area contributed by atoms with Gasteiger partial charge in [0.15, 0.2) is 16.3 Å². The molecule has 1 aliphatic rings. The van der Waals surface area contributed by atoms with Crippen LogP contribution in [0.1, 0.15) is 0 Å². The first-order chi connectivity index (χ1) is 11.6. The van der Waals surface area contributed by atoms with Gasteiger partial charge in [-0.3, -0.25) is 14.3 Å². The molecule has 3 rings (SSSR count). The van der Waals surface area contributed by atoms with Crippen molar-refractivity contribution in [2.75, 3.05) is 38.6 Å². The molecule has 3 heterocycles. The molecule has 0 bridgehead atoms. The minimum absolute atomic E-state index is 0.409. The SMILES string of the molecule is C=CCn1c(SCC[NH+]2CCOCC2)nc2c1c(=O)[nH]c(=O)n2C. The van der Waals surface area contributed by atoms with Gasteiger partial charge in [-0.15, -0.1) is 6.58 Å². The predicted octanol–water partition coefficient (Wildman–Crippen LogP) is -1.38. The van der Waals surface area contributed by atoms with Crippen LogP contribution in [0, 0.1) is 0 Å². The molecule has 0 aliphatic carbocycles. The molecule has 2 aromatic rings. The van der Waals surface area contributed by atoms with Crippen LogP contribution in [0.2, 0.25) is 0 Å². The van der Waals surface area contributed by atoms with Crippen molar-refractivity contribution in [1.82, 2.24) is 19.1 Å². The molecule has 0 amide bonds. The van der Waals surface area contributed by atoms with E-state index in [1.54, 1.807) is 24.9 Å². The van der Waals surface area contributed by atoms with Crippen LogP contribution in [0.5, 0.6) is 0 Å². The van der Waals surface area contributed by atoms with E-state index in [0.717, 1.165) is 43.8 Å². The molecule has 130 valence electrons. The van der Waals surface area contributed by atoms with Gasteiger partial charge >= 0.3 is 5.69 Å². The van der Waals surface area contributed by atoms with Gasteiger partial charge in [-0.2, -0.15) is 0 Å². The highest BCUT2D eigenvalue weighted by molar-refractivity contribution is 7.99. The first kappa shape index (κ1) is 17.0. The molecule has 24 heavy (non-hydrogen) atoms. The molecule has 8 nitrogen and oxygen atoms in total. The molecule has 0 unspecified atom stereocenters. The summed E-state index contributed by atoms with van der Waals surface area (Å²) >= 11 is 1.60. The predicted molar refractivity (Wildman–Crippen MR) is 92.9 cm³/mol. The zero-order chi connectivity index (χ0) is 17.1. The Balaban J connectivity index is 1.86. The molecule has 2 N–H and O–H groups in total. The number of imidazole rings is 1. The van der Waals surface area contributed by atoms with Crippen molar-refractivity contribution in [3.8, 4) is 0 Å². The quantitative estimate of drug-likeness (QED) is 0.494. The number of hydrogen-bond donors (Lipinski definition) is 2. The van der Waals surface area contributed by atoms with Gasteiger partial charge in [-0.25, -0.2) is 9.78 Å². The van der Waals surface area contributed by atoms with Crippen LogP contribution in [0.4, 0.5) is 0 Å². The second-order valence-electron chi connectivity index (χ2n) is 5.74. The summed E-state index contributed by atoms with van der Waals surface area (Å²) in [6.07, 6.45) is 1.73. The number of morpholine rings is 1. The maximum Gasteiger partial charge on any atom is 0.329 e. The summed E-state index contributed by atoms with van der Waals surface area (Å²) < 4.78 is 8.56. The smallest absolute Gasteiger partial charge is 0.329 e. The molecule has 0 spiro atoms. The number of ether oxygens (including phenoxy) is 1. The third-order valence-electron chi connectivity index (χ3n) is 4.17. The Bertz CT molecular complexity index is 847. The molecule has 0 saturated carbocycles. The van der Waals surface area contributed by atoms with Gasteiger partial charge in [0.05, 0.1) is 25.5 Å². The Morgan fingerprint density at radius 3 is 2.88 bits per heavy atom. The lowest BCUT2D eigenvalue weighted by molar-refractivity contribution is -0.905. The molecule has 1 fully saturated rings. The largest absolute Gasteiger partial charge is 0.370 e. The number of aromatic nitrogens is 4. The Hall–Kier alpha value is -1.84. The molecule has 0 aromatic carbocycles. The van der Waals surface area contributed by atoms with Gasteiger partial charge in [0.1, 0.15) is 13.1 Å². The van der Waals surface area contributed by atoms with Crippen molar-refractivity contribution >= 4 is 22.9 Å².